The Morgan fingerprint density at radius 1 is 1.13 bits per heavy atom. The van der Waals surface area contributed by atoms with Crippen LogP contribution < -0.4 is 21.5 Å². The number of esters is 1. The third-order valence-corrected chi connectivity index (χ3v) is 7.37. The topological polar surface area (TPSA) is 162 Å². The molecule has 2 aromatic heterocycles. The Kier molecular flexibility index (Phi) is 11.5. The minimum Gasteiger partial charge on any atom is -0.459 e. The first-order valence-corrected chi connectivity index (χ1v) is 14.8. The predicted octanol–water partition coefficient (Wildman–Crippen LogP) is 3.33. The first-order chi connectivity index (χ1) is 22.0. The summed E-state index contributed by atoms with van der Waals surface area (Å²) in [7, 11) is 0. The Bertz CT molecular complexity index is 1660. The minimum absolute atomic E-state index is 0.0199. The Balaban J connectivity index is 0.000000459. The van der Waals surface area contributed by atoms with Crippen molar-refractivity contribution in [1.29, 1.82) is 0 Å². The van der Waals surface area contributed by atoms with Crippen molar-refractivity contribution in [1.82, 2.24) is 20.4 Å². The molecule has 0 bridgehead atoms. The van der Waals surface area contributed by atoms with Gasteiger partial charge in [0, 0.05) is 36.8 Å². The lowest BCUT2D eigenvalue weighted by atomic mass is 9.96. The standard InChI is InChI=1S/C25H29N5O7.C7H6F2/c1-15-12-20(29-37-15)24(34)28-19-6-3-11-30(25(19)35)14-21(31)27-17(13-16-9-10-26-23(16)33)7-8-22(32)36-18-4-2-5-18;1-5-2-3-6(8)7(9)4-5/h3,6-8,11-12,16-18H,2,4-5,9-10,13-14H2,1H3,(H,26,33)(H,27,31)(H,28,34);2-4H,1H3/b8-7+;/t16?,17-;/m1./s1. The van der Waals surface area contributed by atoms with Gasteiger partial charge in [0.25, 0.3) is 11.5 Å². The molecule has 1 aromatic carbocycles. The molecule has 46 heavy (non-hydrogen) atoms. The van der Waals surface area contributed by atoms with Gasteiger partial charge in [0.1, 0.15) is 24.1 Å². The molecule has 1 aliphatic heterocycles. The van der Waals surface area contributed by atoms with Crippen LogP contribution in [0.4, 0.5) is 14.5 Å². The second-order valence-electron chi connectivity index (χ2n) is 11.1. The number of hydrogen-bond acceptors (Lipinski definition) is 8. The molecule has 14 heteroatoms. The van der Waals surface area contributed by atoms with Crippen LogP contribution >= 0.6 is 0 Å². The van der Waals surface area contributed by atoms with E-state index in [1.807, 2.05) is 0 Å². The van der Waals surface area contributed by atoms with Gasteiger partial charge in [-0.05, 0) is 75.8 Å². The van der Waals surface area contributed by atoms with Gasteiger partial charge in [0.15, 0.2) is 17.3 Å². The lowest BCUT2D eigenvalue weighted by molar-refractivity contribution is -0.146. The molecule has 3 aromatic rings. The lowest BCUT2D eigenvalue weighted by Gasteiger charge is -2.24. The number of ether oxygens (including phenoxy) is 1. The molecule has 0 spiro atoms. The van der Waals surface area contributed by atoms with Crippen LogP contribution in [-0.2, 0) is 25.7 Å². The number of pyridine rings is 1. The molecule has 3 amide bonds. The van der Waals surface area contributed by atoms with Crippen LogP contribution in [-0.4, -0.2) is 52.1 Å². The van der Waals surface area contributed by atoms with Crippen molar-refractivity contribution in [3.63, 3.8) is 0 Å². The number of hydrogen-bond donors (Lipinski definition) is 3. The van der Waals surface area contributed by atoms with E-state index in [1.54, 1.807) is 13.8 Å². The fourth-order valence-electron chi connectivity index (χ4n) is 4.67. The molecular formula is C32H35F2N5O7. The van der Waals surface area contributed by atoms with Crippen molar-refractivity contribution in [2.45, 2.75) is 64.6 Å². The van der Waals surface area contributed by atoms with Gasteiger partial charge in [-0.25, -0.2) is 13.6 Å². The molecule has 2 fully saturated rings. The Hall–Kier alpha value is -5.14. The zero-order valence-electron chi connectivity index (χ0n) is 25.4. The smallest absolute Gasteiger partial charge is 0.330 e. The second-order valence-corrected chi connectivity index (χ2v) is 11.1. The van der Waals surface area contributed by atoms with E-state index in [0.29, 0.717) is 25.1 Å². The molecular weight excluding hydrogens is 604 g/mol. The summed E-state index contributed by atoms with van der Waals surface area (Å²) >= 11 is 0. The zero-order chi connectivity index (χ0) is 33.2. The third kappa shape index (κ3) is 9.68. The number of carbonyl (C=O) groups excluding carboxylic acids is 4. The number of benzene rings is 1. The molecule has 0 radical (unpaired) electrons. The summed E-state index contributed by atoms with van der Waals surface area (Å²) in [6.07, 6.45) is 7.77. The van der Waals surface area contributed by atoms with Gasteiger partial charge in [0.05, 0.1) is 0 Å². The van der Waals surface area contributed by atoms with Crippen LogP contribution in [0, 0.1) is 31.4 Å². The molecule has 5 rings (SSSR count). The van der Waals surface area contributed by atoms with Gasteiger partial charge in [0.2, 0.25) is 11.8 Å². The number of aryl methyl sites for hydroxylation is 2. The summed E-state index contributed by atoms with van der Waals surface area (Å²) in [6, 6.07) is 7.56. The van der Waals surface area contributed by atoms with Crippen LogP contribution in [0.3, 0.4) is 0 Å². The van der Waals surface area contributed by atoms with E-state index < -0.39 is 41.0 Å². The first kappa shape index (κ1) is 33.7. The van der Waals surface area contributed by atoms with E-state index in [-0.39, 0.29) is 35.9 Å². The largest absolute Gasteiger partial charge is 0.459 e. The lowest BCUT2D eigenvalue weighted by Crippen LogP contribution is -2.40. The highest BCUT2D eigenvalue weighted by atomic mass is 19.2. The van der Waals surface area contributed by atoms with E-state index in [2.05, 4.69) is 21.1 Å². The maximum atomic E-state index is 12.8. The van der Waals surface area contributed by atoms with E-state index in [4.69, 9.17) is 9.26 Å². The quantitative estimate of drug-likeness (QED) is 0.225. The number of amides is 3. The fraction of sp³-hybridized carbons (Fsp3) is 0.375. The van der Waals surface area contributed by atoms with Crippen molar-refractivity contribution in [2.75, 3.05) is 11.9 Å². The van der Waals surface area contributed by atoms with Crippen molar-refractivity contribution < 1.29 is 37.2 Å². The van der Waals surface area contributed by atoms with Gasteiger partial charge >= 0.3 is 5.97 Å². The van der Waals surface area contributed by atoms with Crippen LogP contribution in [0.25, 0.3) is 0 Å². The Labute approximate surface area is 263 Å². The molecule has 1 saturated heterocycles. The van der Waals surface area contributed by atoms with Crippen molar-refractivity contribution in [3.8, 4) is 0 Å². The summed E-state index contributed by atoms with van der Waals surface area (Å²) in [6.45, 7) is 3.57. The molecule has 1 saturated carbocycles. The number of nitrogens with zero attached hydrogens (tertiary/aromatic N) is 2. The van der Waals surface area contributed by atoms with Crippen molar-refractivity contribution in [2.24, 2.45) is 5.92 Å². The summed E-state index contributed by atoms with van der Waals surface area (Å²) in [5.41, 5.74) is 0.136. The average Bonchev–Trinajstić information content (AvgIpc) is 3.61. The second kappa shape index (κ2) is 15.7. The van der Waals surface area contributed by atoms with E-state index >= 15 is 0 Å². The third-order valence-electron chi connectivity index (χ3n) is 7.37. The van der Waals surface area contributed by atoms with Crippen LogP contribution in [0.5, 0.6) is 0 Å². The molecule has 2 atom stereocenters. The van der Waals surface area contributed by atoms with Crippen LogP contribution in [0.2, 0.25) is 0 Å². The number of carbonyl (C=O) groups is 4. The molecule has 244 valence electrons. The fourth-order valence-corrected chi connectivity index (χ4v) is 4.67. The Morgan fingerprint density at radius 2 is 1.91 bits per heavy atom. The van der Waals surface area contributed by atoms with Gasteiger partial charge in [-0.1, -0.05) is 17.3 Å². The summed E-state index contributed by atoms with van der Waals surface area (Å²) < 4.78 is 35.7. The van der Waals surface area contributed by atoms with Crippen LogP contribution in [0.1, 0.15) is 53.9 Å². The van der Waals surface area contributed by atoms with Gasteiger partial charge in [-0.2, -0.15) is 0 Å². The predicted molar refractivity (Wildman–Crippen MR) is 162 cm³/mol. The molecule has 3 N–H and O–H groups in total. The first-order valence-electron chi connectivity index (χ1n) is 14.8. The number of aromatic nitrogens is 2. The highest BCUT2D eigenvalue weighted by molar-refractivity contribution is 6.02. The maximum absolute atomic E-state index is 12.8. The molecule has 12 nitrogen and oxygen atoms in total. The average molecular weight is 640 g/mol. The number of rotatable bonds is 10. The van der Waals surface area contributed by atoms with Crippen molar-refractivity contribution >= 4 is 29.4 Å². The summed E-state index contributed by atoms with van der Waals surface area (Å²) in [5.74, 6) is -3.16. The van der Waals surface area contributed by atoms with E-state index in [0.717, 1.165) is 41.5 Å². The SMILES string of the molecule is Cc1cc(C(=O)Nc2cccn(CC(=O)N[C@H](/C=C/C(=O)OC3CCC3)CC3CCNC3=O)c2=O)no1.Cc1ccc(F)c(F)c1. The highest BCUT2D eigenvalue weighted by Crippen LogP contribution is 2.22. The summed E-state index contributed by atoms with van der Waals surface area (Å²) in [4.78, 5) is 62.2. The molecule has 3 heterocycles. The molecule has 1 aliphatic carbocycles. The monoisotopic (exact) mass is 639 g/mol. The van der Waals surface area contributed by atoms with E-state index in [9.17, 15) is 32.8 Å². The normalized spacial score (nSPS) is 16.5. The molecule has 1 unspecified atom stereocenters. The van der Waals surface area contributed by atoms with Crippen molar-refractivity contribution in [3.05, 3.63) is 93.8 Å². The van der Waals surface area contributed by atoms with Gasteiger partial charge in [-0.3, -0.25) is 19.2 Å². The maximum Gasteiger partial charge on any atom is 0.330 e. The summed E-state index contributed by atoms with van der Waals surface area (Å²) in [5, 5.41) is 11.6. The van der Waals surface area contributed by atoms with Gasteiger partial charge < -0.3 is 29.8 Å². The number of halogens is 2. The Morgan fingerprint density at radius 3 is 2.52 bits per heavy atom. The zero-order valence-corrected chi connectivity index (χ0v) is 25.4. The highest BCUT2D eigenvalue weighted by Gasteiger charge is 2.28. The van der Waals surface area contributed by atoms with Crippen LogP contribution in [0.15, 0.2) is 64.1 Å². The number of nitrogens with one attached hydrogen (secondary N) is 3. The van der Waals surface area contributed by atoms with E-state index in [1.165, 1.54) is 42.6 Å². The molecule has 2 aliphatic rings. The number of anilines is 1. The minimum atomic E-state index is -0.791. The van der Waals surface area contributed by atoms with Gasteiger partial charge in [-0.15, -0.1) is 0 Å².